The highest BCUT2D eigenvalue weighted by molar-refractivity contribution is 5.98. The van der Waals surface area contributed by atoms with Gasteiger partial charge in [-0.3, -0.25) is 9.59 Å². The van der Waals surface area contributed by atoms with Gasteiger partial charge in [0, 0.05) is 12.0 Å². The van der Waals surface area contributed by atoms with Crippen molar-refractivity contribution in [3.63, 3.8) is 0 Å². The number of carbonyl (C=O) groups excluding carboxylic acids is 4. The lowest BCUT2D eigenvalue weighted by molar-refractivity contribution is -0.120. The summed E-state index contributed by atoms with van der Waals surface area (Å²) in [5.41, 5.74) is 2.03. The lowest BCUT2D eigenvalue weighted by Gasteiger charge is -2.17. The molecule has 0 radical (unpaired) electrons. The van der Waals surface area contributed by atoms with E-state index < -0.39 is 11.9 Å². The van der Waals surface area contributed by atoms with Crippen molar-refractivity contribution in [2.75, 3.05) is 0 Å². The number of nitrogens with zero attached hydrogens (tertiary/aromatic N) is 2. The summed E-state index contributed by atoms with van der Waals surface area (Å²) in [4.78, 5) is 52.2. The normalized spacial score (nSPS) is 10.9. The Kier molecular flexibility index (Phi) is 7.08. The minimum atomic E-state index is -0.685. The van der Waals surface area contributed by atoms with Crippen molar-refractivity contribution >= 4 is 35.2 Å². The average molecular weight is 363 g/mol. The molecule has 1 atom stereocenters. The quantitative estimate of drug-likeness (QED) is 0.575. The van der Waals surface area contributed by atoms with E-state index in [2.05, 4.69) is 15.3 Å². The van der Waals surface area contributed by atoms with Crippen molar-refractivity contribution < 1.29 is 19.2 Å². The van der Waals surface area contributed by atoms with Crippen molar-refractivity contribution in [1.82, 2.24) is 5.32 Å². The van der Waals surface area contributed by atoms with Gasteiger partial charge in [0.05, 0.1) is 17.4 Å². The number of rotatable bonds is 8. The second-order valence-electron chi connectivity index (χ2n) is 5.67. The lowest BCUT2D eigenvalue weighted by Crippen LogP contribution is -2.42. The molecule has 0 saturated carbocycles. The Hall–Kier alpha value is -3.66. The van der Waals surface area contributed by atoms with Gasteiger partial charge < -0.3 is 5.32 Å². The Bertz CT molecular complexity index is 907. The van der Waals surface area contributed by atoms with Crippen molar-refractivity contribution in [3.8, 4) is 0 Å². The molecule has 1 N–H and O–H groups in total. The third kappa shape index (κ3) is 5.68. The molecule has 136 valence electrons. The zero-order valence-electron chi connectivity index (χ0n) is 14.6. The van der Waals surface area contributed by atoms with Crippen LogP contribution >= 0.6 is 0 Å². The van der Waals surface area contributed by atoms with Gasteiger partial charge in [0.25, 0.3) is 5.91 Å². The first kappa shape index (κ1) is 19.7. The van der Waals surface area contributed by atoms with Gasteiger partial charge in [-0.05, 0) is 48.4 Å². The number of nitrogens with one attached hydrogen (secondary N) is 1. The third-order valence-electron chi connectivity index (χ3n) is 3.90. The minimum Gasteiger partial charge on any atom is -0.342 e. The van der Waals surface area contributed by atoms with Crippen LogP contribution in [-0.4, -0.2) is 29.9 Å². The van der Waals surface area contributed by atoms with E-state index in [0.29, 0.717) is 23.4 Å². The smallest absolute Gasteiger partial charge is 0.251 e. The number of hydrogen-bond acceptors (Lipinski definition) is 6. The highest BCUT2D eigenvalue weighted by atomic mass is 16.2. The zero-order valence-corrected chi connectivity index (χ0v) is 14.6. The fourth-order valence-corrected chi connectivity index (χ4v) is 2.47. The molecule has 0 saturated heterocycles. The molecule has 0 heterocycles. The highest BCUT2D eigenvalue weighted by Crippen LogP contribution is 2.15. The van der Waals surface area contributed by atoms with Crippen molar-refractivity contribution in [2.24, 2.45) is 9.98 Å². The summed E-state index contributed by atoms with van der Waals surface area (Å²) in [5, 5.41) is 2.74. The molecular weight excluding hydrogens is 346 g/mol. The minimum absolute atomic E-state index is 0.0967. The van der Waals surface area contributed by atoms with E-state index in [-0.39, 0.29) is 12.2 Å². The van der Waals surface area contributed by atoms with Crippen LogP contribution in [0.15, 0.2) is 58.5 Å². The number of Topliss-reactive ketones (excluding diaryl/α,β-unsaturated/α-hetero) is 1. The van der Waals surface area contributed by atoms with Crippen molar-refractivity contribution in [2.45, 2.75) is 25.8 Å². The molecule has 27 heavy (non-hydrogen) atoms. The molecule has 1 unspecified atom stereocenters. The van der Waals surface area contributed by atoms with E-state index in [1.54, 1.807) is 31.2 Å². The summed E-state index contributed by atoms with van der Waals surface area (Å²) in [6.45, 7) is 1.73. The van der Waals surface area contributed by atoms with Crippen LogP contribution in [0, 0.1) is 0 Å². The number of amides is 1. The molecular formula is C20H17N3O4. The van der Waals surface area contributed by atoms with Gasteiger partial charge in [0.15, 0.2) is 5.78 Å². The lowest BCUT2D eigenvalue weighted by atomic mass is 10.00. The van der Waals surface area contributed by atoms with Gasteiger partial charge in [-0.15, -0.1) is 0 Å². The summed E-state index contributed by atoms with van der Waals surface area (Å²) < 4.78 is 0. The Balaban J connectivity index is 2.13. The van der Waals surface area contributed by atoms with Gasteiger partial charge >= 0.3 is 0 Å². The van der Waals surface area contributed by atoms with Crippen LogP contribution in [0.2, 0.25) is 0 Å². The highest BCUT2D eigenvalue weighted by Gasteiger charge is 2.20. The summed E-state index contributed by atoms with van der Waals surface area (Å²) in [7, 11) is 0. The van der Waals surface area contributed by atoms with Gasteiger partial charge in [-0.2, -0.15) is 9.98 Å². The largest absolute Gasteiger partial charge is 0.342 e. The maximum atomic E-state index is 12.4. The zero-order chi connectivity index (χ0) is 19.6. The van der Waals surface area contributed by atoms with E-state index in [0.717, 1.165) is 5.56 Å². The molecule has 1 amide bonds. The second kappa shape index (κ2) is 9.73. The summed E-state index contributed by atoms with van der Waals surface area (Å²) in [6.07, 6.45) is 3.49. The molecule has 2 aromatic carbocycles. The van der Waals surface area contributed by atoms with Crippen molar-refractivity contribution in [3.05, 3.63) is 59.7 Å². The molecule has 0 aliphatic rings. The van der Waals surface area contributed by atoms with Crippen LogP contribution in [0.5, 0.6) is 0 Å². The summed E-state index contributed by atoms with van der Waals surface area (Å²) in [6, 6.07) is 12.1. The van der Waals surface area contributed by atoms with Crippen LogP contribution < -0.4 is 5.32 Å². The summed E-state index contributed by atoms with van der Waals surface area (Å²) in [5.74, 6) is -0.494. The molecule has 0 aromatic heterocycles. The monoisotopic (exact) mass is 363 g/mol. The van der Waals surface area contributed by atoms with Crippen molar-refractivity contribution in [1.29, 1.82) is 0 Å². The fraction of sp³-hybridized carbons (Fsp3) is 0.200. The first-order valence-corrected chi connectivity index (χ1v) is 8.25. The Morgan fingerprint density at radius 2 is 1.44 bits per heavy atom. The maximum Gasteiger partial charge on any atom is 0.251 e. The molecule has 0 spiro atoms. The summed E-state index contributed by atoms with van der Waals surface area (Å²) >= 11 is 0. The van der Waals surface area contributed by atoms with Gasteiger partial charge in [-0.25, -0.2) is 9.59 Å². The van der Waals surface area contributed by atoms with E-state index in [4.69, 9.17) is 0 Å². The molecule has 2 rings (SSSR count). The molecule has 0 aliphatic carbocycles. The SMILES string of the molecule is CCC(=O)C(Cc1ccc(N=C=O)cc1)NC(=O)c1ccc(N=C=O)cc1. The first-order chi connectivity index (χ1) is 13.1. The first-order valence-electron chi connectivity index (χ1n) is 8.25. The number of benzene rings is 2. The van der Waals surface area contributed by atoms with E-state index in [9.17, 15) is 19.2 Å². The molecule has 7 nitrogen and oxygen atoms in total. The van der Waals surface area contributed by atoms with Crippen LogP contribution in [0.4, 0.5) is 11.4 Å². The third-order valence-corrected chi connectivity index (χ3v) is 3.90. The number of ketones is 1. The number of isocyanates is 2. The van der Waals surface area contributed by atoms with E-state index in [1.165, 1.54) is 36.4 Å². The van der Waals surface area contributed by atoms with Gasteiger partial charge in [0.2, 0.25) is 12.2 Å². The molecule has 0 aliphatic heterocycles. The number of aliphatic imine (C=N–C) groups is 2. The second-order valence-corrected chi connectivity index (χ2v) is 5.67. The van der Waals surface area contributed by atoms with Crippen LogP contribution in [0.1, 0.15) is 29.3 Å². The predicted molar refractivity (Wildman–Crippen MR) is 98.7 cm³/mol. The predicted octanol–water partition coefficient (Wildman–Crippen LogP) is 2.94. The van der Waals surface area contributed by atoms with E-state index >= 15 is 0 Å². The van der Waals surface area contributed by atoms with Gasteiger partial charge in [-0.1, -0.05) is 19.1 Å². The topological polar surface area (TPSA) is 105 Å². The Morgan fingerprint density at radius 1 is 0.926 bits per heavy atom. The number of hydrogen-bond donors (Lipinski definition) is 1. The van der Waals surface area contributed by atoms with E-state index in [1.807, 2.05) is 0 Å². The molecule has 0 fully saturated rings. The average Bonchev–Trinajstić information content (AvgIpc) is 2.69. The molecule has 2 aromatic rings. The standard InChI is InChI=1S/C20H17N3O4/c1-2-19(26)18(11-14-3-7-16(8-4-14)21-12-24)23-20(27)15-5-9-17(10-6-15)22-13-25/h3-10,18H,2,11H2,1H3,(H,23,27). The maximum absolute atomic E-state index is 12.4. The van der Waals surface area contributed by atoms with Gasteiger partial charge in [0.1, 0.15) is 0 Å². The van der Waals surface area contributed by atoms with Crippen LogP contribution in [-0.2, 0) is 20.8 Å². The van der Waals surface area contributed by atoms with Crippen LogP contribution in [0.25, 0.3) is 0 Å². The Morgan fingerprint density at radius 3 is 1.93 bits per heavy atom. The Labute approximate surface area is 155 Å². The molecule has 7 heteroatoms. The number of carbonyl (C=O) groups is 2. The molecule has 0 bridgehead atoms. The van der Waals surface area contributed by atoms with Crippen LogP contribution in [0.3, 0.4) is 0 Å². The fourth-order valence-electron chi connectivity index (χ4n) is 2.47.